The molecule has 1 amide bonds. The van der Waals surface area contributed by atoms with E-state index in [0.29, 0.717) is 31.8 Å². The molecule has 170 valence electrons. The summed E-state index contributed by atoms with van der Waals surface area (Å²) in [7, 11) is 3.49. The Morgan fingerprint density at radius 2 is 1.55 bits per heavy atom. The molecule has 0 aliphatic heterocycles. The van der Waals surface area contributed by atoms with E-state index in [1.54, 1.807) is 11.8 Å². The lowest BCUT2D eigenvalue weighted by Gasteiger charge is -2.23. The molecule has 0 saturated heterocycles. The predicted octanol–water partition coefficient (Wildman–Crippen LogP) is 4.76. The number of ether oxygens (including phenoxy) is 1. The standard InChI is InChI=1S/C27H30N4O2/c1-19-23(20(2)28-26-25(19)27(33-4)29-30(26)3)15-16-24(32)31(17-21-11-7-5-8-12-21)18-22-13-9-6-10-14-22/h5-14H,15-18H2,1-4H3. The van der Waals surface area contributed by atoms with Gasteiger partial charge in [0.1, 0.15) is 0 Å². The van der Waals surface area contributed by atoms with Crippen LogP contribution < -0.4 is 4.74 Å². The molecule has 2 aromatic carbocycles. The lowest BCUT2D eigenvalue weighted by molar-refractivity contribution is -0.132. The zero-order valence-electron chi connectivity index (χ0n) is 19.7. The van der Waals surface area contributed by atoms with E-state index in [9.17, 15) is 4.79 Å². The highest BCUT2D eigenvalue weighted by Gasteiger charge is 2.20. The first-order valence-electron chi connectivity index (χ1n) is 11.2. The zero-order chi connectivity index (χ0) is 23.4. The number of amides is 1. The van der Waals surface area contributed by atoms with Gasteiger partial charge in [-0.15, -0.1) is 5.10 Å². The average molecular weight is 443 g/mol. The van der Waals surface area contributed by atoms with Crippen LogP contribution in [0.5, 0.6) is 5.88 Å². The number of nitrogens with zero attached hydrogens (tertiary/aromatic N) is 4. The highest BCUT2D eigenvalue weighted by atomic mass is 16.5. The minimum absolute atomic E-state index is 0.125. The summed E-state index contributed by atoms with van der Waals surface area (Å²) in [6, 6.07) is 20.3. The van der Waals surface area contributed by atoms with Gasteiger partial charge < -0.3 is 9.64 Å². The van der Waals surface area contributed by atoms with Crippen LogP contribution in [0.4, 0.5) is 0 Å². The maximum Gasteiger partial charge on any atom is 0.242 e. The quantitative estimate of drug-likeness (QED) is 0.395. The Bertz CT molecular complexity index is 1210. The molecule has 33 heavy (non-hydrogen) atoms. The summed E-state index contributed by atoms with van der Waals surface area (Å²) in [6.45, 7) is 5.23. The Balaban J connectivity index is 1.57. The minimum Gasteiger partial charge on any atom is -0.479 e. The molecule has 4 aromatic rings. The van der Waals surface area contributed by atoms with Crippen LogP contribution in [0.15, 0.2) is 60.7 Å². The normalized spacial score (nSPS) is 11.0. The van der Waals surface area contributed by atoms with Crippen molar-refractivity contribution < 1.29 is 9.53 Å². The fourth-order valence-corrected chi connectivity index (χ4v) is 4.34. The number of hydrogen-bond donors (Lipinski definition) is 0. The first-order chi connectivity index (χ1) is 16.0. The van der Waals surface area contributed by atoms with Crippen molar-refractivity contribution in [2.24, 2.45) is 7.05 Å². The molecule has 0 saturated carbocycles. The molecule has 6 nitrogen and oxygen atoms in total. The molecule has 0 bridgehead atoms. The van der Waals surface area contributed by atoms with E-state index in [4.69, 9.17) is 9.72 Å². The van der Waals surface area contributed by atoms with Crippen molar-refractivity contribution in [3.63, 3.8) is 0 Å². The predicted molar refractivity (Wildman–Crippen MR) is 130 cm³/mol. The third-order valence-corrected chi connectivity index (χ3v) is 6.09. The van der Waals surface area contributed by atoms with E-state index in [1.165, 1.54) is 0 Å². The SMILES string of the molecule is COc1nn(C)c2nc(C)c(CCC(=O)N(Cc3ccccc3)Cc3ccccc3)c(C)c12. The molecule has 0 atom stereocenters. The summed E-state index contributed by atoms with van der Waals surface area (Å²) in [6.07, 6.45) is 1.04. The van der Waals surface area contributed by atoms with Gasteiger partial charge in [0.15, 0.2) is 5.65 Å². The van der Waals surface area contributed by atoms with Crippen molar-refractivity contribution in [2.45, 2.75) is 39.8 Å². The minimum atomic E-state index is 0.125. The lowest BCUT2D eigenvalue weighted by Crippen LogP contribution is -2.30. The Kier molecular flexibility index (Phi) is 6.73. The topological polar surface area (TPSA) is 60.2 Å². The van der Waals surface area contributed by atoms with Gasteiger partial charge in [0.05, 0.1) is 12.5 Å². The number of rotatable bonds is 8. The van der Waals surface area contributed by atoms with Gasteiger partial charge in [-0.05, 0) is 42.5 Å². The van der Waals surface area contributed by atoms with Crippen molar-refractivity contribution in [3.05, 3.63) is 88.6 Å². The average Bonchev–Trinajstić information content (AvgIpc) is 3.15. The number of carbonyl (C=O) groups is 1. The van der Waals surface area contributed by atoms with Crippen molar-refractivity contribution in [1.29, 1.82) is 0 Å². The van der Waals surface area contributed by atoms with E-state index in [1.807, 2.05) is 55.3 Å². The van der Waals surface area contributed by atoms with E-state index in [-0.39, 0.29) is 5.91 Å². The van der Waals surface area contributed by atoms with Gasteiger partial charge in [-0.1, -0.05) is 60.7 Å². The summed E-state index contributed by atoms with van der Waals surface area (Å²) < 4.78 is 7.21. The fourth-order valence-electron chi connectivity index (χ4n) is 4.34. The lowest BCUT2D eigenvalue weighted by atomic mass is 9.99. The van der Waals surface area contributed by atoms with Crippen LogP contribution in [0.25, 0.3) is 11.0 Å². The van der Waals surface area contributed by atoms with Gasteiger partial charge in [0.2, 0.25) is 11.8 Å². The van der Waals surface area contributed by atoms with Crippen LogP contribution in [0.2, 0.25) is 0 Å². The van der Waals surface area contributed by atoms with Gasteiger partial charge in [0.25, 0.3) is 0 Å². The van der Waals surface area contributed by atoms with Gasteiger partial charge in [0, 0.05) is 32.3 Å². The van der Waals surface area contributed by atoms with Crippen LogP contribution in [-0.4, -0.2) is 32.7 Å². The van der Waals surface area contributed by atoms with Crippen LogP contribution in [-0.2, 0) is 31.4 Å². The summed E-state index contributed by atoms with van der Waals surface area (Å²) >= 11 is 0. The van der Waals surface area contributed by atoms with Crippen molar-refractivity contribution in [3.8, 4) is 5.88 Å². The van der Waals surface area contributed by atoms with Crippen molar-refractivity contribution in [2.75, 3.05) is 7.11 Å². The van der Waals surface area contributed by atoms with Gasteiger partial charge in [-0.2, -0.15) is 0 Å². The van der Waals surface area contributed by atoms with E-state index in [0.717, 1.165) is 39.0 Å². The van der Waals surface area contributed by atoms with Gasteiger partial charge in [-0.3, -0.25) is 4.79 Å². The van der Waals surface area contributed by atoms with E-state index >= 15 is 0 Å². The van der Waals surface area contributed by atoms with Crippen molar-refractivity contribution in [1.82, 2.24) is 19.7 Å². The summed E-state index contributed by atoms with van der Waals surface area (Å²) in [5.41, 5.74) is 6.13. The Morgan fingerprint density at radius 1 is 0.970 bits per heavy atom. The molecule has 0 fully saturated rings. The van der Waals surface area contributed by atoms with Crippen LogP contribution in [0.3, 0.4) is 0 Å². The summed E-state index contributed by atoms with van der Waals surface area (Å²) in [5.74, 6) is 0.694. The molecule has 0 N–H and O–H groups in total. The third kappa shape index (κ3) is 4.90. The summed E-state index contributed by atoms with van der Waals surface area (Å²) in [5, 5.41) is 5.34. The fraction of sp³-hybridized carbons (Fsp3) is 0.296. The van der Waals surface area contributed by atoms with Gasteiger partial charge >= 0.3 is 0 Å². The molecule has 2 heterocycles. The Hall–Kier alpha value is -3.67. The van der Waals surface area contributed by atoms with Gasteiger partial charge in [-0.25, -0.2) is 9.67 Å². The highest BCUT2D eigenvalue weighted by Crippen LogP contribution is 2.30. The second-order valence-corrected chi connectivity index (χ2v) is 8.35. The van der Waals surface area contributed by atoms with Crippen LogP contribution in [0, 0.1) is 13.8 Å². The van der Waals surface area contributed by atoms with Crippen LogP contribution in [0.1, 0.15) is 34.4 Å². The molecule has 2 aromatic heterocycles. The monoisotopic (exact) mass is 442 g/mol. The molecule has 0 spiro atoms. The number of pyridine rings is 1. The maximum absolute atomic E-state index is 13.4. The first-order valence-corrected chi connectivity index (χ1v) is 11.2. The number of benzene rings is 2. The number of fused-ring (bicyclic) bond motifs is 1. The molecular formula is C27H30N4O2. The zero-order valence-corrected chi connectivity index (χ0v) is 19.7. The maximum atomic E-state index is 13.4. The highest BCUT2D eigenvalue weighted by molar-refractivity contribution is 5.86. The molecule has 4 rings (SSSR count). The van der Waals surface area contributed by atoms with Crippen LogP contribution >= 0.6 is 0 Å². The number of aryl methyl sites for hydroxylation is 3. The molecule has 6 heteroatoms. The number of aromatic nitrogens is 3. The second kappa shape index (κ2) is 9.86. The molecule has 0 aliphatic rings. The largest absolute Gasteiger partial charge is 0.479 e. The van der Waals surface area contributed by atoms with E-state index < -0.39 is 0 Å². The third-order valence-electron chi connectivity index (χ3n) is 6.09. The Morgan fingerprint density at radius 3 is 2.09 bits per heavy atom. The smallest absolute Gasteiger partial charge is 0.242 e. The molecule has 0 radical (unpaired) electrons. The second-order valence-electron chi connectivity index (χ2n) is 8.35. The number of hydrogen-bond acceptors (Lipinski definition) is 4. The number of carbonyl (C=O) groups excluding carboxylic acids is 1. The summed E-state index contributed by atoms with van der Waals surface area (Å²) in [4.78, 5) is 20.1. The van der Waals surface area contributed by atoms with Crippen molar-refractivity contribution >= 4 is 16.9 Å². The Labute approximate surface area is 194 Å². The number of methoxy groups -OCH3 is 1. The van der Waals surface area contributed by atoms with E-state index in [2.05, 4.69) is 36.3 Å². The molecular weight excluding hydrogens is 412 g/mol. The first kappa shape index (κ1) is 22.5. The molecule has 0 unspecified atom stereocenters. The molecule has 0 aliphatic carbocycles.